The van der Waals surface area contributed by atoms with Crippen molar-refractivity contribution < 1.29 is 58.1 Å². The van der Waals surface area contributed by atoms with Crippen molar-refractivity contribution in [3.8, 4) is 22.6 Å². The van der Waals surface area contributed by atoms with Crippen molar-refractivity contribution in [1.29, 1.82) is 0 Å². The van der Waals surface area contributed by atoms with Gasteiger partial charge in [-0.2, -0.15) is 26.3 Å². The zero-order valence-corrected chi connectivity index (χ0v) is 36.0. The molecule has 0 aromatic heterocycles. The van der Waals surface area contributed by atoms with Gasteiger partial charge in [0.05, 0.1) is 11.1 Å². The number of halogens is 7. The molecule has 0 fully saturated rings. The molecule has 0 radical (unpaired) electrons. The first kappa shape index (κ1) is 46.3. The fraction of sp³-hybridized carbons (Fsp3) is 0.0833. The predicted molar refractivity (Wildman–Crippen MR) is 228 cm³/mol. The average Bonchev–Trinajstić information content (AvgIpc) is 3.25. The molecule has 8 rings (SSSR count). The van der Waals surface area contributed by atoms with Gasteiger partial charge in [0.25, 0.3) is 0 Å². The summed E-state index contributed by atoms with van der Waals surface area (Å²) < 4.78 is 116. The zero-order chi connectivity index (χ0) is 42.5. The molecule has 0 saturated heterocycles. The van der Waals surface area contributed by atoms with Gasteiger partial charge < -0.3 is 31.8 Å². The van der Waals surface area contributed by atoms with Gasteiger partial charge in [-0.15, -0.1) is 0 Å². The van der Waals surface area contributed by atoms with Gasteiger partial charge in [0, 0.05) is 33.5 Å². The Hall–Kier alpha value is -5.26. The van der Waals surface area contributed by atoms with Gasteiger partial charge >= 0.3 is 29.7 Å². The fourth-order valence-electron chi connectivity index (χ4n) is 7.79. The molecule has 0 unspecified atom stereocenters. The Balaban J connectivity index is 0.00000321. The van der Waals surface area contributed by atoms with E-state index in [0.717, 1.165) is 36.4 Å². The van der Waals surface area contributed by atoms with E-state index in [0.29, 0.717) is 21.2 Å². The minimum absolute atomic E-state index is 0. The summed E-state index contributed by atoms with van der Waals surface area (Å²) in [6.07, 6.45) is -10.5. The number of rotatable bonds is 9. The summed E-state index contributed by atoms with van der Waals surface area (Å²) in [5.41, 5.74) is -3.18. The van der Waals surface area contributed by atoms with Gasteiger partial charge in [-0.05, 0) is 68.1 Å². The summed E-state index contributed by atoms with van der Waals surface area (Å²) >= 11 is 0. The van der Waals surface area contributed by atoms with Crippen LogP contribution in [0.1, 0.15) is 22.3 Å². The molecule has 0 aliphatic carbocycles. The molecule has 0 atom stereocenters. The largest absolute Gasteiger partial charge is 3.00 e. The van der Waals surface area contributed by atoms with Crippen LogP contribution in [0.25, 0.3) is 32.7 Å². The summed E-state index contributed by atoms with van der Waals surface area (Å²) in [5, 5.41) is 31.4. The maximum absolute atomic E-state index is 15.3. The molecule has 8 aromatic carbocycles. The van der Waals surface area contributed by atoms with E-state index in [4.69, 9.17) is 0 Å². The van der Waals surface area contributed by atoms with Gasteiger partial charge in [0.1, 0.15) is 14.3 Å². The molecule has 0 heterocycles. The molecule has 0 spiro atoms. The second-order valence-electron chi connectivity index (χ2n) is 14.5. The Kier molecular flexibility index (Phi) is 13.3. The first-order valence-electron chi connectivity index (χ1n) is 18.7. The molecular formula is C48H32AlClF6O4P2. The maximum Gasteiger partial charge on any atom is 3.00 e. The minimum Gasteiger partial charge on any atom is -1.00 e. The molecular weight excluding hydrogens is 879 g/mol. The Morgan fingerprint density at radius 2 is 0.694 bits per heavy atom. The minimum atomic E-state index is -4.81. The van der Waals surface area contributed by atoms with E-state index < -0.39 is 61.6 Å². The van der Waals surface area contributed by atoms with Crippen molar-refractivity contribution in [2.75, 3.05) is 0 Å². The molecule has 0 amide bonds. The predicted octanol–water partition coefficient (Wildman–Crippen LogP) is 7.50. The van der Waals surface area contributed by atoms with Gasteiger partial charge in [-0.3, -0.25) is 0 Å². The van der Waals surface area contributed by atoms with Crippen LogP contribution in [0.3, 0.4) is 0 Å². The van der Waals surface area contributed by atoms with E-state index in [-0.39, 0.29) is 73.6 Å². The summed E-state index contributed by atoms with van der Waals surface area (Å²) in [6.45, 7) is 0. The second-order valence-corrected chi connectivity index (χ2v) is 20.1. The van der Waals surface area contributed by atoms with Crippen LogP contribution in [0.15, 0.2) is 170 Å². The van der Waals surface area contributed by atoms with E-state index in [1.54, 1.807) is 121 Å². The molecule has 4 nitrogen and oxygen atoms in total. The van der Waals surface area contributed by atoms with Crippen LogP contribution < -0.4 is 43.8 Å². The number of benzene rings is 8. The SMILES string of the molecule is O=P(Cc1cc2cc(C(F)(F)F)ccc2c(-c2c([O-])c(CP(=O)(c3ccccc3)c3ccccc3)cc3cc(C(F)(F)F)ccc23)c1[O-])(c1ccccc1)c1ccccc1.[Al+3].[Cl-]. The Labute approximate surface area is 370 Å². The van der Waals surface area contributed by atoms with Crippen molar-refractivity contribution in [3.05, 3.63) is 192 Å². The first-order valence-corrected chi connectivity index (χ1v) is 22.4. The van der Waals surface area contributed by atoms with Crippen molar-refractivity contribution in [3.63, 3.8) is 0 Å². The molecule has 0 aliphatic heterocycles. The normalized spacial score (nSPS) is 12.2. The van der Waals surface area contributed by atoms with Crippen molar-refractivity contribution in [1.82, 2.24) is 0 Å². The van der Waals surface area contributed by atoms with Crippen LogP contribution in [0.5, 0.6) is 11.5 Å². The molecule has 0 aliphatic rings. The third-order valence-electron chi connectivity index (χ3n) is 10.7. The average molecular weight is 911 g/mol. The standard InChI is InChI=1S/C48H34F6O4P2.Al.ClH/c49-47(50,51)35-21-23-41-31(27-35)25-33(29-59(57,37-13-5-1-6-14-37)38-15-7-2-8-16-38)45(55)43(41)44-42-24-22-36(48(52,53)54)28-32(42)26-34(46(44)56)30-60(58,39-17-9-3-10-18-39)40-19-11-4-12-20-40;;/h1-28,55-56H,29-30H2;;1H/q;+3;/p-3. The number of hydrogen-bond acceptors (Lipinski definition) is 4. The Bertz CT molecular complexity index is 2700. The Morgan fingerprint density at radius 1 is 0.419 bits per heavy atom. The molecule has 14 heteroatoms. The fourth-order valence-corrected chi connectivity index (χ4v) is 13.2. The molecule has 0 saturated carbocycles. The van der Waals surface area contributed by atoms with E-state index in [9.17, 15) is 26.3 Å². The first-order chi connectivity index (χ1) is 28.6. The molecule has 0 N–H and O–H groups in total. The van der Waals surface area contributed by atoms with Crippen molar-refractivity contribution in [2.24, 2.45) is 0 Å². The van der Waals surface area contributed by atoms with Gasteiger partial charge in [0.15, 0.2) is 0 Å². The van der Waals surface area contributed by atoms with E-state index in [2.05, 4.69) is 0 Å². The van der Waals surface area contributed by atoms with E-state index in [1.807, 2.05) is 0 Å². The molecule has 310 valence electrons. The third kappa shape index (κ3) is 8.71. The van der Waals surface area contributed by atoms with Crippen LogP contribution in [0.4, 0.5) is 26.3 Å². The quantitative estimate of drug-likeness (QED) is 0.0855. The maximum atomic E-state index is 15.3. The number of hydrogen-bond donors (Lipinski definition) is 0. The van der Waals surface area contributed by atoms with Gasteiger partial charge in [-0.1, -0.05) is 157 Å². The summed E-state index contributed by atoms with van der Waals surface area (Å²) in [7, 11) is -7.52. The molecule has 8 aromatic rings. The second kappa shape index (κ2) is 17.8. The van der Waals surface area contributed by atoms with E-state index in [1.165, 1.54) is 12.1 Å². The van der Waals surface area contributed by atoms with Gasteiger partial charge in [-0.25, -0.2) is 0 Å². The summed E-state index contributed by atoms with van der Waals surface area (Å²) in [4.78, 5) is 0. The van der Waals surface area contributed by atoms with Crippen LogP contribution >= 0.6 is 14.3 Å². The van der Waals surface area contributed by atoms with Crippen LogP contribution in [-0.4, -0.2) is 17.4 Å². The Morgan fingerprint density at radius 3 is 0.952 bits per heavy atom. The monoisotopic (exact) mass is 910 g/mol. The summed E-state index contributed by atoms with van der Waals surface area (Å²) in [6, 6.07) is 41.1. The molecule has 62 heavy (non-hydrogen) atoms. The van der Waals surface area contributed by atoms with Crippen LogP contribution in [-0.2, 0) is 33.8 Å². The van der Waals surface area contributed by atoms with Crippen LogP contribution in [0.2, 0.25) is 0 Å². The topological polar surface area (TPSA) is 80.3 Å². The number of fused-ring (bicyclic) bond motifs is 2. The van der Waals surface area contributed by atoms with Gasteiger partial charge in [0.2, 0.25) is 0 Å². The smallest absolute Gasteiger partial charge is 1.00 e. The van der Waals surface area contributed by atoms with E-state index >= 15 is 19.3 Å². The number of alkyl halides is 6. The van der Waals surface area contributed by atoms with Crippen molar-refractivity contribution in [2.45, 2.75) is 24.7 Å². The third-order valence-corrected chi connectivity index (χ3v) is 16.8. The molecule has 0 bridgehead atoms. The summed E-state index contributed by atoms with van der Waals surface area (Å²) in [5.74, 6) is -1.67. The van der Waals surface area contributed by atoms with Crippen LogP contribution in [0, 0.1) is 0 Å². The van der Waals surface area contributed by atoms with Crippen molar-refractivity contribution >= 4 is 74.4 Å². The zero-order valence-electron chi connectivity index (χ0n) is 32.3.